The highest BCUT2D eigenvalue weighted by Crippen LogP contribution is 2.22. The summed E-state index contributed by atoms with van der Waals surface area (Å²) in [6.45, 7) is 3.65. The second-order valence-corrected chi connectivity index (χ2v) is 5.70. The van der Waals surface area contributed by atoms with Gasteiger partial charge in [-0.3, -0.25) is 9.59 Å². The summed E-state index contributed by atoms with van der Waals surface area (Å²) in [6.07, 6.45) is 0. The molecule has 2 amide bonds. The third-order valence-electron chi connectivity index (χ3n) is 3.78. The molecule has 0 aliphatic carbocycles. The number of methoxy groups -OCH3 is 1. The molecule has 6 heteroatoms. The van der Waals surface area contributed by atoms with Gasteiger partial charge in [-0.1, -0.05) is 18.2 Å². The number of halogens is 1. The molecule has 0 bridgehead atoms. The highest BCUT2D eigenvalue weighted by molar-refractivity contribution is 5.94. The lowest BCUT2D eigenvalue weighted by atomic mass is 10.1. The van der Waals surface area contributed by atoms with Crippen molar-refractivity contribution in [1.29, 1.82) is 0 Å². The van der Waals surface area contributed by atoms with E-state index in [4.69, 9.17) is 4.74 Å². The maximum Gasteiger partial charge on any atom is 0.251 e. The second-order valence-electron chi connectivity index (χ2n) is 5.70. The van der Waals surface area contributed by atoms with Crippen LogP contribution in [0.25, 0.3) is 0 Å². The molecule has 1 atom stereocenters. The van der Waals surface area contributed by atoms with E-state index >= 15 is 0 Å². The first-order chi connectivity index (χ1) is 11.9. The fraction of sp³-hybridized carbons (Fsp3) is 0.263. The molecule has 1 unspecified atom stereocenters. The standard InChI is InChI=1S/C19H21FN2O3/c1-12(16-8-9-18(25-3)17(20)10-16)22-19(24)15-6-4-14(5-7-15)11-21-13(2)23/h4-10,12H,11H2,1-3H3,(H,21,23)(H,22,24). The third kappa shape index (κ3) is 5.04. The van der Waals surface area contributed by atoms with Gasteiger partial charge in [0.25, 0.3) is 5.91 Å². The first-order valence-electron chi connectivity index (χ1n) is 7.88. The molecule has 132 valence electrons. The van der Waals surface area contributed by atoms with Crippen LogP contribution in [0.3, 0.4) is 0 Å². The van der Waals surface area contributed by atoms with Gasteiger partial charge in [0.2, 0.25) is 5.91 Å². The highest BCUT2D eigenvalue weighted by Gasteiger charge is 2.13. The van der Waals surface area contributed by atoms with Gasteiger partial charge in [-0.25, -0.2) is 4.39 Å². The van der Waals surface area contributed by atoms with E-state index < -0.39 is 5.82 Å². The van der Waals surface area contributed by atoms with Gasteiger partial charge >= 0.3 is 0 Å². The minimum Gasteiger partial charge on any atom is -0.494 e. The Morgan fingerprint density at radius 1 is 1.16 bits per heavy atom. The van der Waals surface area contributed by atoms with Gasteiger partial charge < -0.3 is 15.4 Å². The third-order valence-corrected chi connectivity index (χ3v) is 3.78. The predicted molar refractivity (Wildman–Crippen MR) is 92.8 cm³/mol. The number of nitrogens with one attached hydrogen (secondary N) is 2. The number of rotatable bonds is 6. The summed E-state index contributed by atoms with van der Waals surface area (Å²) in [7, 11) is 1.40. The summed E-state index contributed by atoms with van der Waals surface area (Å²) in [6, 6.07) is 11.2. The maximum atomic E-state index is 13.8. The summed E-state index contributed by atoms with van der Waals surface area (Å²) in [4.78, 5) is 23.2. The van der Waals surface area contributed by atoms with E-state index in [1.807, 2.05) is 0 Å². The molecule has 5 nitrogen and oxygen atoms in total. The SMILES string of the molecule is COc1ccc(C(C)NC(=O)c2ccc(CNC(C)=O)cc2)cc1F. The Labute approximate surface area is 146 Å². The van der Waals surface area contributed by atoms with Crippen molar-refractivity contribution in [3.63, 3.8) is 0 Å². The first kappa shape index (κ1) is 18.4. The molecule has 2 aromatic rings. The lowest BCUT2D eigenvalue weighted by Gasteiger charge is -2.15. The number of carbonyl (C=O) groups is 2. The number of ether oxygens (including phenoxy) is 1. The molecule has 25 heavy (non-hydrogen) atoms. The van der Waals surface area contributed by atoms with Crippen molar-refractivity contribution in [2.24, 2.45) is 0 Å². The smallest absolute Gasteiger partial charge is 0.251 e. The molecule has 0 saturated carbocycles. The van der Waals surface area contributed by atoms with Crippen molar-refractivity contribution in [2.45, 2.75) is 26.4 Å². The molecular weight excluding hydrogens is 323 g/mol. The van der Waals surface area contributed by atoms with Crippen LogP contribution < -0.4 is 15.4 Å². The van der Waals surface area contributed by atoms with Crippen molar-refractivity contribution < 1.29 is 18.7 Å². The van der Waals surface area contributed by atoms with Crippen molar-refractivity contribution in [3.8, 4) is 5.75 Å². The van der Waals surface area contributed by atoms with E-state index in [9.17, 15) is 14.0 Å². The van der Waals surface area contributed by atoms with E-state index in [-0.39, 0.29) is 23.6 Å². The van der Waals surface area contributed by atoms with Crippen LogP contribution in [0, 0.1) is 5.82 Å². The molecule has 0 heterocycles. The largest absolute Gasteiger partial charge is 0.494 e. The van der Waals surface area contributed by atoms with Gasteiger partial charge in [0.1, 0.15) is 0 Å². The maximum absolute atomic E-state index is 13.8. The van der Waals surface area contributed by atoms with Crippen LogP contribution >= 0.6 is 0 Å². The average molecular weight is 344 g/mol. The van der Waals surface area contributed by atoms with Gasteiger partial charge in [0.15, 0.2) is 11.6 Å². The zero-order valence-corrected chi connectivity index (χ0v) is 14.4. The monoisotopic (exact) mass is 344 g/mol. The second kappa shape index (κ2) is 8.28. The molecule has 2 rings (SSSR count). The van der Waals surface area contributed by atoms with Gasteiger partial charge in [-0.15, -0.1) is 0 Å². The molecule has 0 aliphatic heterocycles. The fourth-order valence-corrected chi connectivity index (χ4v) is 2.32. The van der Waals surface area contributed by atoms with Crippen LogP contribution in [0.15, 0.2) is 42.5 Å². The number of hydrogen-bond acceptors (Lipinski definition) is 3. The summed E-state index contributed by atoms with van der Waals surface area (Å²) < 4.78 is 18.7. The fourth-order valence-electron chi connectivity index (χ4n) is 2.32. The minimum atomic E-state index is -0.469. The molecule has 0 saturated heterocycles. The topological polar surface area (TPSA) is 67.4 Å². The van der Waals surface area contributed by atoms with Crippen LogP contribution in [0.5, 0.6) is 5.75 Å². The quantitative estimate of drug-likeness (QED) is 0.847. The van der Waals surface area contributed by atoms with Crippen molar-refractivity contribution in [3.05, 3.63) is 65.0 Å². The Morgan fingerprint density at radius 2 is 1.84 bits per heavy atom. The summed E-state index contributed by atoms with van der Waals surface area (Å²) in [5.41, 5.74) is 2.04. The van der Waals surface area contributed by atoms with Crippen LogP contribution in [0.1, 0.15) is 41.4 Å². The van der Waals surface area contributed by atoms with Gasteiger partial charge in [-0.2, -0.15) is 0 Å². The van der Waals surface area contributed by atoms with E-state index in [1.165, 1.54) is 26.2 Å². The van der Waals surface area contributed by atoms with Crippen LogP contribution in [-0.2, 0) is 11.3 Å². The lowest BCUT2D eigenvalue weighted by molar-refractivity contribution is -0.119. The molecule has 2 N–H and O–H groups in total. The number of amides is 2. The molecule has 2 aromatic carbocycles. The predicted octanol–water partition coefficient (Wildman–Crippen LogP) is 2.96. The van der Waals surface area contributed by atoms with E-state index in [2.05, 4.69) is 10.6 Å². The van der Waals surface area contributed by atoms with Gasteiger partial charge in [0, 0.05) is 19.0 Å². The van der Waals surface area contributed by atoms with Crippen molar-refractivity contribution in [2.75, 3.05) is 7.11 Å². The Balaban J connectivity index is 2.01. The zero-order valence-electron chi connectivity index (χ0n) is 14.4. The molecule has 0 spiro atoms. The average Bonchev–Trinajstić information content (AvgIpc) is 2.60. The van der Waals surface area contributed by atoms with Crippen LogP contribution in [-0.4, -0.2) is 18.9 Å². The zero-order chi connectivity index (χ0) is 18.4. The Bertz CT molecular complexity index is 760. The number of carbonyl (C=O) groups excluding carboxylic acids is 2. The Hall–Kier alpha value is -2.89. The highest BCUT2D eigenvalue weighted by atomic mass is 19.1. The van der Waals surface area contributed by atoms with Crippen molar-refractivity contribution >= 4 is 11.8 Å². The molecular formula is C19H21FN2O3. The normalized spacial score (nSPS) is 11.5. The van der Waals surface area contributed by atoms with Crippen LogP contribution in [0.2, 0.25) is 0 Å². The number of hydrogen-bond donors (Lipinski definition) is 2. The molecule has 0 aromatic heterocycles. The summed E-state index contributed by atoms with van der Waals surface area (Å²) in [5, 5.41) is 5.52. The number of benzene rings is 2. The van der Waals surface area contributed by atoms with E-state index in [1.54, 1.807) is 37.3 Å². The molecule has 0 aliphatic rings. The van der Waals surface area contributed by atoms with E-state index in [0.29, 0.717) is 17.7 Å². The lowest BCUT2D eigenvalue weighted by Crippen LogP contribution is -2.26. The van der Waals surface area contributed by atoms with E-state index in [0.717, 1.165) is 5.56 Å². The minimum absolute atomic E-state index is 0.109. The Morgan fingerprint density at radius 3 is 2.40 bits per heavy atom. The van der Waals surface area contributed by atoms with Crippen LogP contribution in [0.4, 0.5) is 4.39 Å². The summed E-state index contributed by atoms with van der Waals surface area (Å²) in [5.74, 6) is -0.669. The van der Waals surface area contributed by atoms with Gasteiger partial charge in [0.05, 0.1) is 13.2 Å². The summed E-state index contributed by atoms with van der Waals surface area (Å²) >= 11 is 0. The molecule has 0 fully saturated rings. The Kier molecular flexibility index (Phi) is 6.11. The molecule has 0 radical (unpaired) electrons. The van der Waals surface area contributed by atoms with Gasteiger partial charge in [-0.05, 0) is 42.3 Å². The first-order valence-corrected chi connectivity index (χ1v) is 7.88. The van der Waals surface area contributed by atoms with Crippen molar-refractivity contribution in [1.82, 2.24) is 10.6 Å².